The summed E-state index contributed by atoms with van der Waals surface area (Å²) in [6, 6.07) is 4.42. The van der Waals surface area contributed by atoms with Gasteiger partial charge in [-0.05, 0) is 37.9 Å². The van der Waals surface area contributed by atoms with Crippen LogP contribution in [0.1, 0.15) is 29.5 Å². The van der Waals surface area contributed by atoms with Gasteiger partial charge in [-0.25, -0.2) is 0 Å². The lowest BCUT2D eigenvalue weighted by Gasteiger charge is -2.30. The molecular formula is C14H21NO2S. The number of hydrogen-bond donors (Lipinski definition) is 0. The van der Waals surface area contributed by atoms with Crippen molar-refractivity contribution in [2.45, 2.75) is 32.7 Å². The lowest BCUT2D eigenvalue weighted by atomic mass is 9.98. The number of methoxy groups -OCH3 is 1. The first-order valence-corrected chi connectivity index (χ1v) is 7.42. The molecular weight excluding hydrogens is 246 g/mol. The van der Waals surface area contributed by atoms with Gasteiger partial charge in [-0.3, -0.25) is 9.69 Å². The van der Waals surface area contributed by atoms with Gasteiger partial charge in [0.2, 0.25) is 0 Å². The SMILES string of the molecule is CCc1ccc(CN2CCCC(C(=O)OC)C2)s1. The minimum atomic E-state index is -0.0554. The first kappa shape index (κ1) is 13.6. The molecule has 0 spiro atoms. The molecule has 1 saturated heterocycles. The van der Waals surface area contributed by atoms with Gasteiger partial charge in [-0.15, -0.1) is 11.3 Å². The van der Waals surface area contributed by atoms with Crippen LogP contribution in [0.2, 0.25) is 0 Å². The Morgan fingerprint density at radius 2 is 2.28 bits per heavy atom. The second-order valence-electron chi connectivity index (χ2n) is 4.82. The van der Waals surface area contributed by atoms with Crippen LogP contribution in [0.15, 0.2) is 12.1 Å². The molecule has 0 radical (unpaired) electrons. The van der Waals surface area contributed by atoms with Gasteiger partial charge in [0.1, 0.15) is 0 Å². The van der Waals surface area contributed by atoms with Gasteiger partial charge in [0, 0.05) is 22.8 Å². The Labute approximate surface area is 113 Å². The van der Waals surface area contributed by atoms with Crippen LogP contribution in [0.4, 0.5) is 0 Å². The molecule has 0 aliphatic carbocycles. The molecule has 1 fully saturated rings. The fourth-order valence-electron chi connectivity index (χ4n) is 2.48. The predicted octanol–water partition coefficient (Wildman–Crippen LogP) is 2.70. The van der Waals surface area contributed by atoms with Gasteiger partial charge in [-0.1, -0.05) is 6.92 Å². The van der Waals surface area contributed by atoms with Crippen molar-refractivity contribution in [2.24, 2.45) is 5.92 Å². The van der Waals surface area contributed by atoms with E-state index in [9.17, 15) is 4.79 Å². The zero-order chi connectivity index (χ0) is 13.0. The summed E-state index contributed by atoms with van der Waals surface area (Å²) in [6.45, 7) is 5.08. The Morgan fingerprint density at radius 1 is 1.50 bits per heavy atom. The maximum Gasteiger partial charge on any atom is 0.309 e. The normalized spacial score (nSPS) is 20.9. The molecule has 1 aliphatic heterocycles. The Kier molecular flexibility index (Phi) is 4.78. The summed E-state index contributed by atoms with van der Waals surface area (Å²) in [5, 5.41) is 0. The average molecular weight is 267 g/mol. The summed E-state index contributed by atoms with van der Waals surface area (Å²) < 4.78 is 4.85. The smallest absolute Gasteiger partial charge is 0.309 e. The molecule has 0 bridgehead atoms. The number of likely N-dealkylation sites (tertiary alicyclic amines) is 1. The van der Waals surface area contributed by atoms with Crippen molar-refractivity contribution in [3.63, 3.8) is 0 Å². The highest BCUT2D eigenvalue weighted by atomic mass is 32.1. The van der Waals surface area contributed by atoms with E-state index >= 15 is 0 Å². The first-order valence-electron chi connectivity index (χ1n) is 6.60. The lowest BCUT2D eigenvalue weighted by Crippen LogP contribution is -2.38. The van der Waals surface area contributed by atoms with Gasteiger partial charge in [0.15, 0.2) is 0 Å². The highest BCUT2D eigenvalue weighted by Gasteiger charge is 2.26. The number of nitrogens with zero attached hydrogens (tertiary/aromatic N) is 1. The molecule has 2 heterocycles. The second kappa shape index (κ2) is 6.34. The van der Waals surface area contributed by atoms with E-state index in [1.807, 2.05) is 11.3 Å². The molecule has 0 aromatic carbocycles. The molecule has 18 heavy (non-hydrogen) atoms. The number of carbonyl (C=O) groups excluding carboxylic acids is 1. The molecule has 4 heteroatoms. The van der Waals surface area contributed by atoms with E-state index in [-0.39, 0.29) is 11.9 Å². The maximum atomic E-state index is 11.6. The summed E-state index contributed by atoms with van der Waals surface area (Å²) in [5.41, 5.74) is 0. The van der Waals surface area contributed by atoms with Gasteiger partial charge in [0.05, 0.1) is 13.0 Å². The number of aryl methyl sites for hydroxylation is 1. The monoisotopic (exact) mass is 267 g/mol. The molecule has 0 N–H and O–H groups in total. The number of carbonyl (C=O) groups is 1. The van der Waals surface area contributed by atoms with Crippen molar-refractivity contribution in [3.8, 4) is 0 Å². The minimum absolute atomic E-state index is 0.0554. The van der Waals surface area contributed by atoms with Crippen molar-refractivity contribution >= 4 is 17.3 Å². The second-order valence-corrected chi connectivity index (χ2v) is 6.07. The van der Waals surface area contributed by atoms with Crippen LogP contribution in [-0.2, 0) is 22.5 Å². The van der Waals surface area contributed by atoms with Crippen molar-refractivity contribution in [3.05, 3.63) is 21.9 Å². The van der Waals surface area contributed by atoms with E-state index in [2.05, 4.69) is 24.0 Å². The van der Waals surface area contributed by atoms with Crippen LogP contribution in [-0.4, -0.2) is 31.1 Å². The van der Waals surface area contributed by atoms with Gasteiger partial charge >= 0.3 is 5.97 Å². The van der Waals surface area contributed by atoms with E-state index in [1.54, 1.807) is 0 Å². The maximum absolute atomic E-state index is 11.6. The minimum Gasteiger partial charge on any atom is -0.469 e. The largest absolute Gasteiger partial charge is 0.469 e. The van der Waals surface area contributed by atoms with Crippen LogP contribution in [0.5, 0.6) is 0 Å². The highest BCUT2D eigenvalue weighted by molar-refractivity contribution is 7.11. The number of piperidine rings is 1. The number of thiophene rings is 1. The van der Waals surface area contributed by atoms with Crippen molar-refractivity contribution in [2.75, 3.05) is 20.2 Å². The van der Waals surface area contributed by atoms with Crippen molar-refractivity contribution in [1.29, 1.82) is 0 Å². The summed E-state index contributed by atoms with van der Waals surface area (Å²) in [4.78, 5) is 16.8. The van der Waals surface area contributed by atoms with Crippen LogP contribution >= 0.6 is 11.3 Å². The molecule has 2 rings (SSSR count). The number of esters is 1. The van der Waals surface area contributed by atoms with E-state index in [0.29, 0.717) is 0 Å². The molecule has 1 aromatic rings. The van der Waals surface area contributed by atoms with Crippen molar-refractivity contribution in [1.82, 2.24) is 4.90 Å². The highest BCUT2D eigenvalue weighted by Crippen LogP contribution is 2.23. The molecule has 0 saturated carbocycles. The average Bonchev–Trinajstić information content (AvgIpc) is 2.86. The van der Waals surface area contributed by atoms with Crippen molar-refractivity contribution < 1.29 is 9.53 Å². The third-order valence-electron chi connectivity index (χ3n) is 3.49. The molecule has 3 nitrogen and oxygen atoms in total. The van der Waals surface area contributed by atoms with Gasteiger partial charge in [0.25, 0.3) is 0 Å². The van der Waals surface area contributed by atoms with Gasteiger partial charge < -0.3 is 4.74 Å². The van der Waals surface area contributed by atoms with E-state index in [1.165, 1.54) is 16.9 Å². The fourth-order valence-corrected chi connectivity index (χ4v) is 3.48. The zero-order valence-electron chi connectivity index (χ0n) is 11.1. The fraction of sp³-hybridized carbons (Fsp3) is 0.643. The Morgan fingerprint density at radius 3 is 2.94 bits per heavy atom. The standard InChI is InChI=1S/C14H21NO2S/c1-3-12-6-7-13(18-12)10-15-8-4-5-11(9-15)14(16)17-2/h6-7,11H,3-5,8-10H2,1-2H3. The van der Waals surface area contributed by atoms with Crippen LogP contribution in [0, 0.1) is 5.92 Å². The summed E-state index contributed by atoms with van der Waals surface area (Å²) >= 11 is 1.88. The quantitative estimate of drug-likeness (QED) is 0.786. The van der Waals surface area contributed by atoms with E-state index in [4.69, 9.17) is 4.74 Å². The van der Waals surface area contributed by atoms with E-state index < -0.39 is 0 Å². The number of rotatable bonds is 4. The molecule has 1 aromatic heterocycles. The Bertz CT molecular complexity index is 402. The molecule has 100 valence electrons. The molecule has 0 amide bonds. The van der Waals surface area contributed by atoms with E-state index in [0.717, 1.165) is 38.9 Å². The van der Waals surface area contributed by atoms with Crippen LogP contribution < -0.4 is 0 Å². The summed E-state index contributed by atoms with van der Waals surface area (Å²) in [7, 11) is 1.48. The molecule has 1 atom stereocenters. The summed E-state index contributed by atoms with van der Waals surface area (Å²) in [6.07, 6.45) is 3.16. The zero-order valence-corrected chi connectivity index (χ0v) is 12.0. The predicted molar refractivity (Wildman–Crippen MR) is 73.7 cm³/mol. The molecule has 1 unspecified atom stereocenters. The van der Waals surface area contributed by atoms with Crippen LogP contribution in [0.25, 0.3) is 0 Å². The third kappa shape index (κ3) is 3.33. The number of hydrogen-bond acceptors (Lipinski definition) is 4. The summed E-state index contributed by atoms with van der Waals surface area (Å²) in [5.74, 6) is 0.00878. The first-order chi connectivity index (χ1) is 8.72. The number of ether oxygens (including phenoxy) is 1. The van der Waals surface area contributed by atoms with Gasteiger partial charge in [-0.2, -0.15) is 0 Å². The Hall–Kier alpha value is -0.870. The van der Waals surface area contributed by atoms with Crippen LogP contribution in [0.3, 0.4) is 0 Å². The lowest BCUT2D eigenvalue weighted by molar-refractivity contribution is -0.147. The molecule has 1 aliphatic rings. The third-order valence-corrected chi connectivity index (χ3v) is 4.70. The topological polar surface area (TPSA) is 29.5 Å². The Balaban J connectivity index is 1.91.